The van der Waals surface area contributed by atoms with Crippen molar-refractivity contribution in [2.45, 2.75) is 26.4 Å². The first kappa shape index (κ1) is 17.0. The van der Waals surface area contributed by atoms with E-state index in [-0.39, 0.29) is 0 Å². The third-order valence-corrected chi connectivity index (χ3v) is 4.25. The molecule has 4 aromatic rings. The molecule has 0 radical (unpaired) electrons. The summed E-state index contributed by atoms with van der Waals surface area (Å²) in [6, 6.07) is 11.1. The molecule has 0 saturated carbocycles. The Balaban J connectivity index is 1.98. The number of carbonyl (C=O) groups is 1. The van der Waals surface area contributed by atoms with Crippen molar-refractivity contribution in [1.29, 1.82) is 0 Å². The number of ether oxygens (including phenoxy) is 1. The summed E-state index contributed by atoms with van der Waals surface area (Å²) < 4.78 is 7.93. The zero-order valence-corrected chi connectivity index (χ0v) is 15.3. The number of aromatic nitrogens is 3. The molecule has 3 aromatic heterocycles. The Morgan fingerprint density at radius 2 is 1.93 bits per heavy atom. The molecule has 0 saturated heterocycles. The van der Waals surface area contributed by atoms with Crippen LogP contribution in [0.1, 0.15) is 20.8 Å². The molecular formula is C21H19N3O3. The van der Waals surface area contributed by atoms with E-state index >= 15 is 0 Å². The lowest BCUT2D eigenvalue weighted by Gasteiger charge is -2.20. The van der Waals surface area contributed by atoms with E-state index in [0.717, 1.165) is 32.1 Å². The van der Waals surface area contributed by atoms with Gasteiger partial charge in [-0.3, -0.25) is 4.98 Å². The van der Waals surface area contributed by atoms with Crippen molar-refractivity contribution >= 4 is 27.9 Å². The van der Waals surface area contributed by atoms with Gasteiger partial charge in [0.15, 0.2) is 12.4 Å². The number of pyridine rings is 2. The van der Waals surface area contributed by atoms with Gasteiger partial charge in [0.05, 0.1) is 11.0 Å². The van der Waals surface area contributed by atoms with Gasteiger partial charge in [0, 0.05) is 34.8 Å². The Kier molecular flexibility index (Phi) is 3.84. The predicted molar refractivity (Wildman–Crippen MR) is 103 cm³/mol. The first-order chi connectivity index (χ1) is 12.8. The van der Waals surface area contributed by atoms with E-state index in [9.17, 15) is 10.0 Å². The van der Waals surface area contributed by atoms with E-state index in [1.54, 1.807) is 29.1 Å². The minimum Gasteiger partial charge on any atom is -0.619 e. The topological polar surface area (TPSA) is 71.1 Å². The second-order valence-corrected chi connectivity index (χ2v) is 7.39. The molecule has 0 N–H and O–H groups in total. The molecule has 0 aliphatic rings. The normalized spacial score (nSPS) is 11.8. The van der Waals surface area contributed by atoms with Crippen LogP contribution in [0.4, 0.5) is 4.79 Å². The molecule has 136 valence electrons. The summed E-state index contributed by atoms with van der Waals surface area (Å²) in [5.41, 5.74) is 2.45. The number of hydrogen-bond donors (Lipinski definition) is 0. The number of fused-ring (bicyclic) bond motifs is 3. The number of carbonyl (C=O) groups excluding carboxylic acids is 1. The lowest BCUT2D eigenvalue weighted by molar-refractivity contribution is -0.604. The molecule has 0 aliphatic carbocycles. The van der Waals surface area contributed by atoms with E-state index in [1.165, 1.54) is 12.4 Å². The Morgan fingerprint density at radius 3 is 2.67 bits per heavy atom. The molecule has 1 aromatic carbocycles. The molecule has 6 nitrogen and oxygen atoms in total. The summed E-state index contributed by atoms with van der Waals surface area (Å²) in [6.45, 7) is 5.51. The van der Waals surface area contributed by atoms with Crippen LogP contribution in [-0.4, -0.2) is 21.2 Å². The minimum atomic E-state index is -0.613. The van der Waals surface area contributed by atoms with Gasteiger partial charge in [0.25, 0.3) is 0 Å². The first-order valence-electron chi connectivity index (χ1n) is 8.64. The molecule has 4 rings (SSSR count). The Hall–Kier alpha value is -3.41. The fourth-order valence-corrected chi connectivity index (χ4v) is 3.17. The van der Waals surface area contributed by atoms with Crippen LogP contribution >= 0.6 is 0 Å². The standard InChI is InChI=1S/C21H19N3O3/c1-21(2,3)27-20(25)24-18-8-9-22-12-17(18)16-7-6-14(11-19(16)24)15-5-4-10-23(26)13-15/h4-13H,1-3H3. The smallest absolute Gasteiger partial charge is 0.419 e. The molecule has 0 unspecified atom stereocenters. The van der Waals surface area contributed by atoms with Crippen molar-refractivity contribution in [3.05, 3.63) is 66.4 Å². The molecule has 0 spiro atoms. The maximum atomic E-state index is 12.9. The minimum absolute atomic E-state index is 0.446. The van der Waals surface area contributed by atoms with Gasteiger partial charge in [-0.05, 0) is 44.5 Å². The molecule has 6 heteroatoms. The predicted octanol–water partition coefficient (Wildman–Crippen LogP) is 4.27. The van der Waals surface area contributed by atoms with Gasteiger partial charge in [-0.25, -0.2) is 9.36 Å². The average Bonchev–Trinajstić information content (AvgIpc) is 2.94. The lowest BCUT2D eigenvalue weighted by Crippen LogP contribution is -2.27. The maximum absolute atomic E-state index is 12.9. The van der Waals surface area contributed by atoms with Gasteiger partial charge in [-0.2, -0.15) is 4.73 Å². The van der Waals surface area contributed by atoms with Gasteiger partial charge in [0.2, 0.25) is 0 Å². The summed E-state index contributed by atoms with van der Waals surface area (Å²) >= 11 is 0. The molecule has 0 bridgehead atoms. The maximum Gasteiger partial charge on any atom is 0.419 e. The highest BCUT2D eigenvalue weighted by atomic mass is 16.6. The molecule has 0 atom stereocenters. The molecule has 0 aliphatic heterocycles. The fraction of sp³-hybridized carbons (Fsp3) is 0.190. The van der Waals surface area contributed by atoms with E-state index in [1.807, 2.05) is 45.0 Å². The highest BCUT2D eigenvalue weighted by Gasteiger charge is 2.22. The van der Waals surface area contributed by atoms with Crippen molar-refractivity contribution in [3.63, 3.8) is 0 Å². The monoisotopic (exact) mass is 361 g/mol. The number of benzene rings is 1. The van der Waals surface area contributed by atoms with Gasteiger partial charge in [-0.1, -0.05) is 12.1 Å². The summed E-state index contributed by atoms with van der Waals surface area (Å²) in [5, 5.41) is 13.4. The van der Waals surface area contributed by atoms with Gasteiger partial charge in [-0.15, -0.1) is 0 Å². The second kappa shape index (κ2) is 6.09. The third-order valence-electron chi connectivity index (χ3n) is 4.25. The van der Waals surface area contributed by atoms with Gasteiger partial charge >= 0.3 is 6.09 Å². The van der Waals surface area contributed by atoms with Crippen LogP contribution in [0.25, 0.3) is 32.9 Å². The van der Waals surface area contributed by atoms with Crippen LogP contribution in [0.15, 0.2) is 61.2 Å². The zero-order valence-electron chi connectivity index (χ0n) is 15.3. The van der Waals surface area contributed by atoms with Crippen LogP contribution in [0.5, 0.6) is 0 Å². The largest absolute Gasteiger partial charge is 0.619 e. The zero-order chi connectivity index (χ0) is 19.2. The summed E-state index contributed by atoms with van der Waals surface area (Å²) in [4.78, 5) is 17.1. The number of hydrogen-bond acceptors (Lipinski definition) is 4. The Bertz CT molecular complexity index is 1170. The first-order valence-corrected chi connectivity index (χ1v) is 8.64. The molecule has 3 heterocycles. The van der Waals surface area contributed by atoms with Crippen LogP contribution in [0, 0.1) is 5.21 Å². The van der Waals surface area contributed by atoms with Gasteiger partial charge < -0.3 is 9.94 Å². The van der Waals surface area contributed by atoms with Crippen molar-refractivity contribution in [1.82, 2.24) is 9.55 Å². The van der Waals surface area contributed by atoms with E-state index in [2.05, 4.69) is 4.98 Å². The van der Waals surface area contributed by atoms with E-state index < -0.39 is 11.7 Å². The van der Waals surface area contributed by atoms with Crippen molar-refractivity contribution < 1.29 is 14.3 Å². The van der Waals surface area contributed by atoms with Crippen molar-refractivity contribution in [2.75, 3.05) is 0 Å². The molecular weight excluding hydrogens is 342 g/mol. The number of nitrogens with zero attached hydrogens (tertiary/aromatic N) is 3. The summed E-state index contributed by atoms with van der Waals surface area (Å²) in [6.07, 6.45) is 5.89. The molecule has 0 amide bonds. The van der Waals surface area contributed by atoms with Crippen molar-refractivity contribution in [2.24, 2.45) is 0 Å². The van der Waals surface area contributed by atoms with E-state index in [4.69, 9.17) is 4.74 Å². The summed E-state index contributed by atoms with van der Waals surface area (Å²) in [7, 11) is 0. The van der Waals surface area contributed by atoms with Crippen LogP contribution in [0.2, 0.25) is 0 Å². The van der Waals surface area contributed by atoms with Crippen LogP contribution < -0.4 is 4.73 Å². The highest BCUT2D eigenvalue weighted by molar-refractivity contribution is 6.12. The summed E-state index contributed by atoms with van der Waals surface area (Å²) in [5.74, 6) is 0. The average molecular weight is 361 g/mol. The van der Waals surface area contributed by atoms with Crippen molar-refractivity contribution in [3.8, 4) is 11.1 Å². The third kappa shape index (κ3) is 3.10. The second-order valence-electron chi connectivity index (χ2n) is 7.39. The molecule has 27 heavy (non-hydrogen) atoms. The van der Waals surface area contributed by atoms with Crippen LogP contribution in [0.3, 0.4) is 0 Å². The van der Waals surface area contributed by atoms with E-state index in [0.29, 0.717) is 5.52 Å². The molecule has 0 fully saturated rings. The SMILES string of the molecule is CC(C)(C)OC(=O)n1c2ccncc2c2ccc(-c3ccc[n+]([O-])c3)cc21. The lowest BCUT2D eigenvalue weighted by atomic mass is 10.1. The van der Waals surface area contributed by atoms with Crippen LogP contribution in [-0.2, 0) is 4.74 Å². The quantitative estimate of drug-likeness (QED) is 0.375. The fourth-order valence-electron chi connectivity index (χ4n) is 3.17. The number of rotatable bonds is 1. The highest BCUT2D eigenvalue weighted by Crippen LogP contribution is 2.32. The van der Waals surface area contributed by atoms with Gasteiger partial charge in [0.1, 0.15) is 5.60 Å². The Morgan fingerprint density at radius 1 is 1.11 bits per heavy atom. The Labute approximate surface area is 156 Å².